The smallest absolute Gasteiger partial charge is 0.247 e. The molecule has 1 aliphatic rings. The van der Waals surface area contributed by atoms with Gasteiger partial charge >= 0.3 is 0 Å². The Bertz CT molecular complexity index is 331. The van der Waals surface area contributed by atoms with E-state index in [1.165, 1.54) is 0 Å². The summed E-state index contributed by atoms with van der Waals surface area (Å²) >= 11 is 0. The first-order valence-electron chi connectivity index (χ1n) is 5.03. The topological polar surface area (TPSA) is 55.1 Å². The van der Waals surface area contributed by atoms with Crippen molar-refractivity contribution in [1.82, 2.24) is 5.32 Å². The lowest BCUT2D eigenvalue weighted by Gasteiger charge is -2.35. The summed E-state index contributed by atoms with van der Waals surface area (Å²) in [5, 5.41) is 2.94. The minimum Gasteiger partial charge on any atom is -0.343 e. The van der Waals surface area contributed by atoms with Crippen LogP contribution >= 0.6 is 0 Å². The van der Waals surface area contributed by atoms with Crippen molar-refractivity contribution in [1.29, 1.82) is 0 Å². The van der Waals surface area contributed by atoms with Crippen molar-refractivity contribution < 1.29 is 4.79 Å². The fourth-order valence-electron chi connectivity index (χ4n) is 1.59. The molecule has 0 radical (unpaired) electrons. The van der Waals surface area contributed by atoms with Crippen LogP contribution in [0.3, 0.4) is 0 Å². The van der Waals surface area contributed by atoms with Gasteiger partial charge in [0.15, 0.2) is 0 Å². The number of carbonyl (C=O) groups excluding carboxylic acids is 1. The molecule has 0 saturated heterocycles. The van der Waals surface area contributed by atoms with E-state index in [0.29, 0.717) is 12.1 Å². The Kier molecular flexibility index (Phi) is 3.48. The van der Waals surface area contributed by atoms with E-state index in [2.05, 4.69) is 11.9 Å². The Labute approximate surface area is 90.7 Å². The van der Waals surface area contributed by atoms with E-state index in [4.69, 9.17) is 5.73 Å². The van der Waals surface area contributed by atoms with Gasteiger partial charge in [-0.05, 0) is 13.8 Å². The highest BCUT2D eigenvalue weighted by molar-refractivity contribution is 5.92. The molecule has 0 aromatic carbocycles. The second-order valence-corrected chi connectivity index (χ2v) is 4.10. The molecular formula is C12H18N2O. The molecule has 2 unspecified atom stereocenters. The van der Waals surface area contributed by atoms with Crippen molar-refractivity contribution in [3.63, 3.8) is 0 Å². The lowest BCUT2D eigenvalue weighted by molar-refractivity contribution is -0.119. The molecule has 1 rings (SSSR count). The zero-order valence-electron chi connectivity index (χ0n) is 9.29. The van der Waals surface area contributed by atoms with E-state index in [1.807, 2.05) is 31.2 Å². The summed E-state index contributed by atoms with van der Waals surface area (Å²) in [6.07, 6.45) is 7.85. The molecule has 0 aliphatic heterocycles. The maximum Gasteiger partial charge on any atom is 0.247 e. The summed E-state index contributed by atoms with van der Waals surface area (Å²) in [4.78, 5) is 11.6. The van der Waals surface area contributed by atoms with Crippen molar-refractivity contribution in [3.05, 3.63) is 36.5 Å². The monoisotopic (exact) mass is 206 g/mol. The Morgan fingerprint density at radius 3 is 2.80 bits per heavy atom. The molecule has 0 bridgehead atoms. The summed E-state index contributed by atoms with van der Waals surface area (Å²) in [7, 11) is 0. The van der Waals surface area contributed by atoms with Gasteiger partial charge in [0, 0.05) is 18.0 Å². The molecule has 0 heterocycles. The van der Waals surface area contributed by atoms with Crippen LogP contribution in [0, 0.1) is 5.92 Å². The van der Waals surface area contributed by atoms with Crippen LogP contribution in [-0.2, 0) is 4.79 Å². The largest absolute Gasteiger partial charge is 0.343 e. The molecular weight excluding hydrogens is 188 g/mol. The number of rotatable bonds is 3. The van der Waals surface area contributed by atoms with Crippen LogP contribution in [0.4, 0.5) is 0 Å². The molecule has 82 valence electrons. The van der Waals surface area contributed by atoms with Gasteiger partial charge in [0.2, 0.25) is 5.91 Å². The lowest BCUT2D eigenvalue weighted by atomic mass is 9.82. The molecule has 0 fully saturated rings. The SMILES string of the molecule is C=C(C)C(=O)NC1(C)C=CC=CC1CN. The Morgan fingerprint density at radius 1 is 1.60 bits per heavy atom. The second-order valence-electron chi connectivity index (χ2n) is 4.10. The number of hydrogen-bond donors (Lipinski definition) is 2. The maximum atomic E-state index is 11.6. The fraction of sp³-hybridized carbons (Fsp3) is 0.417. The quantitative estimate of drug-likeness (QED) is 0.680. The summed E-state index contributed by atoms with van der Waals surface area (Å²) in [5.41, 5.74) is 5.78. The van der Waals surface area contributed by atoms with Crippen molar-refractivity contribution in [2.75, 3.05) is 6.54 Å². The number of amides is 1. The first kappa shape index (κ1) is 11.7. The summed E-state index contributed by atoms with van der Waals surface area (Å²) in [5.74, 6) is 0.00157. The summed E-state index contributed by atoms with van der Waals surface area (Å²) in [6, 6.07) is 0. The molecule has 3 heteroatoms. The van der Waals surface area contributed by atoms with Crippen molar-refractivity contribution >= 4 is 5.91 Å². The van der Waals surface area contributed by atoms with Crippen molar-refractivity contribution in [2.24, 2.45) is 11.7 Å². The number of carbonyl (C=O) groups is 1. The number of nitrogens with two attached hydrogens (primary N) is 1. The molecule has 0 saturated carbocycles. The molecule has 0 aromatic rings. The predicted octanol–water partition coefficient (Wildman–Crippen LogP) is 1.14. The average molecular weight is 206 g/mol. The lowest BCUT2D eigenvalue weighted by Crippen LogP contribution is -2.52. The summed E-state index contributed by atoms with van der Waals surface area (Å²) in [6.45, 7) is 7.78. The second kappa shape index (κ2) is 4.45. The minimum absolute atomic E-state index is 0.129. The first-order valence-corrected chi connectivity index (χ1v) is 5.03. The number of hydrogen-bond acceptors (Lipinski definition) is 2. The van der Waals surface area contributed by atoms with Crippen LogP contribution in [-0.4, -0.2) is 18.0 Å². The zero-order chi connectivity index (χ0) is 11.5. The standard InChI is InChI=1S/C12H18N2O/c1-9(2)11(15)14-12(3)7-5-4-6-10(12)8-13/h4-7,10H,1,8,13H2,2-3H3,(H,14,15). The zero-order valence-corrected chi connectivity index (χ0v) is 9.29. The van der Waals surface area contributed by atoms with Gasteiger partial charge in [0.1, 0.15) is 0 Å². The van der Waals surface area contributed by atoms with E-state index >= 15 is 0 Å². The van der Waals surface area contributed by atoms with Gasteiger partial charge in [-0.15, -0.1) is 0 Å². The normalized spacial score (nSPS) is 28.9. The van der Waals surface area contributed by atoms with Gasteiger partial charge in [-0.3, -0.25) is 4.79 Å². The van der Waals surface area contributed by atoms with Crippen LogP contribution in [0.5, 0.6) is 0 Å². The Morgan fingerprint density at radius 2 is 2.27 bits per heavy atom. The Hall–Kier alpha value is -1.35. The third-order valence-corrected chi connectivity index (χ3v) is 2.69. The molecule has 2 atom stereocenters. The fourth-order valence-corrected chi connectivity index (χ4v) is 1.59. The Balaban J connectivity index is 2.81. The third-order valence-electron chi connectivity index (χ3n) is 2.69. The van der Waals surface area contributed by atoms with Crippen LogP contribution in [0.25, 0.3) is 0 Å². The molecule has 1 amide bonds. The van der Waals surface area contributed by atoms with Gasteiger partial charge < -0.3 is 11.1 Å². The molecule has 3 nitrogen and oxygen atoms in total. The van der Waals surface area contributed by atoms with Gasteiger partial charge in [-0.2, -0.15) is 0 Å². The highest BCUT2D eigenvalue weighted by atomic mass is 16.1. The van der Waals surface area contributed by atoms with E-state index < -0.39 is 5.54 Å². The van der Waals surface area contributed by atoms with E-state index in [-0.39, 0.29) is 11.8 Å². The van der Waals surface area contributed by atoms with Crippen molar-refractivity contribution in [3.8, 4) is 0 Å². The molecule has 3 N–H and O–H groups in total. The van der Waals surface area contributed by atoms with Crippen LogP contribution in [0.15, 0.2) is 36.5 Å². The predicted molar refractivity (Wildman–Crippen MR) is 62.2 cm³/mol. The highest BCUT2D eigenvalue weighted by Gasteiger charge is 2.31. The van der Waals surface area contributed by atoms with Gasteiger partial charge in [0.25, 0.3) is 0 Å². The van der Waals surface area contributed by atoms with E-state index in [0.717, 1.165) is 0 Å². The van der Waals surface area contributed by atoms with Crippen molar-refractivity contribution in [2.45, 2.75) is 19.4 Å². The molecule has 15 heavy (non-hydrogen) atoms. The molecule has 1 aliphatic carbocycles. The van der Waals surface area contributed by atoms with Gasteiger partial charge in [-0.25, -0.2) is 0 Å². The number of nitrogens with one attached hydrogen (secondary N) is 1. The van der Waals surface area contributed by atoms with E-state index in [9.17, 15) is 4.79 Å². The minimum atomic E-state index is -0.403. The van der Waals surface area contributed by atoms with E-state index in [1.54, 1.807) is 6.92 Å². The highest BCUT2D eigenvalue weighted by Crippen LogP contribution is 2.23. The summed E-state index contributed by atoms with van der Waals surface area (Å²) < 4.78 is 0. The van der Waals surface area contributed by atoms with Crippen LogP contribution < -0.4 is 11.1 Å². The number of allylic oxidation sites excluding steroid dienone is 2. The van der Waals surface area contributed by atoms with Gasteiger partial charge in [0.05, 0.1) is 5.54 Å². The first-order chi connectivity index (χ1) is 6.99. The van der Waals surface area contributed by atoms with Gasteiger partial charge in [-0.1, -0.05) is 30.9 Å². The van der Waals surface area contributed by atoms with Crippen LogP contribution in [0.2, 0.25) is 0 Å². The molecule has 0 spiro atoms. The van der Waals surface area contributed by atoms with Crippen LogP contribution in [0.1, 0.15) is 13.8 Å². The third kappa shape index (κ3) is 2.57. The maximum absolute atomic E-state index is 11.6. The average Bonchev–Trinajstić information content (AvgIpc) is 2.17. The molecule has 0 aromatic heterocycles.